The molecule has 3 rings (SSSR count). The van der Waals surface area contributed by atoms with Gasteiger partial charge in [-0.1, -0.05) is 23.2 Å². The fourth-order valence-electron chi connectivity index (χ4n) is 2.84. The standard InChI is InChI=1S/C19H20Cl2N2O3/c20-17-6-1-14(11-18(17)21)22-19(25)23-9-7-13(8-10-23)12-26-16-4-2-15(24)3-5-16/h1-6,11,13,24H,7-10,12H2,(H,22,25). The number of urea groups is 1. The molecule has 0 unspecified atom stereocenters. The van der Waals surface area contributed by atoms with Crippen molar-refractivity contribution in [3.05, 3.63) is 52.5 Å². The number of carbonyl (C=O) groups is 1. The molecule has 1 aliphatic rings. The van der Waals surface area contributed by atoms with E-state index in [9.17, 15) is 9.90 Å². The molecular formula is C19H20Cl2N2O3. The molecule has 0 aliphatic carbocycles. The van der Waals surface area contributed by atoms with Gasteiger partial charge in [-0.3, -0.25) is 0 Å². The predicted molar refractivity (Wildman–Crippen MR) is 103 cm³/mol. The van der Waals surface area contributed by atoms with E-state index in [1.54, 1.807) is 47.4 Å². The van der Waals surface area contributed by atoms with Crippen molar-refractivity contribution in [3.63, 3.8) is 0 Å². The molecule has 138 valence electrons. The van der Waals surface area contributed by atoms with Crippen LogP contribution in [0.1, 0.15) is 12.8 Å². The summed E-state index contributed by atoms with van der Waals surface area (Å²) >= 11 is 11.9. The molecule has 0 aromatic heterocycles. The summed E-state index contributed by atoms with van der Waals surface area (Å²) in [7, 11) is 0. The van der Waals surface area contributed by atoms with E-state index in [1.807, 2.05) is 0 Å². The number of phenolic OH excluding ortho intramolecular Hbond substituents is 1. The number of rotatable bonds is 4. The van der Waals surface area contributed by atoms with Crippen LogP contribution in [0.4, 0.5) is 10.5 Å². The summed E-state index contributed by atoms with van der Waals surface area (Å²) in [6, 6.07) is 11.6. The number of carbonyl (C=O) groups excluding carboxylic acids is 1. The molecule has 1 fully saturated rings. The van der Waals surface area contributed by atoms with Gasteiger partial charge in [0, 0.05) is 18.8 Å². The summed E-state index contributed by atoms with van der Waals surface area (Å²) in [5, 5.41) is 13.0. The van der Waals surface area contributed by atoms with Crippen molar-refractivity contribution in [1.29, 1.82) is 0 Å². The Kier molecular flexibility index (Phi) is 6.12. The molecule has 2 amide bonds. The van der Waals surface area contributed by atoms with Crippen LogP contribution in [0, 0.1) is 5.92 Å². The zero-order valence-corrected chi connectivity index (χ0v) is 15.6. The smallest absolute Gasteiger partial charge is 0.321 e. The number of nitrogens with zero attached hydrogens (tertiary/aromatic N) is 1. The molecule has 1 aliphatic heterocycles. The van der Waals surface area contributed by atoms with Gasteiger partial charge in [0.2, 0.25) is 0 Å². The fraction of sp³-hybridized carbons (Fsp3) is 0.316. The second kappa shape index (κ2) is 8.52. The average Bonchev–Trinajstić information content (AvgIpc) is 2.65. The highest BCUT2D eigenvalue weighted by Gasteiger charge is 2.23. The molecule has 1 saturated heterocycles. The van der Waals surface area contributed by atoms with E-state index in [0.717, 1.165) is 18.6 Å². The second-order valence-corrected chi connectivity index (χ2v) is 7.11. The first kappa shape index (κ1) is 18.7. The van der Waals surface area contributed by atoms with Crippen molar-refractivity contribution < 1.29 is 14.6 Å². The predicted octanol–water partition coefficient (Wildman–Crippen LogP) is 5.02. The van der Waals surface area contributed by atoms with E-state index in [4.69, 9.17) is 27.9 Å². The minimum absolute atomic E-state index is 0.138. The highest BCUT2D eigenvalue weighted by molar-refractivity contribution is 6.42. The summed E-state index contributed by atoms with van der Waals surface area (Å²) in [5.74, 6) is 1.36. The molecule has 7 heteroatoms. The minimum atomic E-state index is -0.138. The molecule has 0 atom stereocenters. The number of hydrogen-bond donors (Lipinski definition) is 2. The quantitative estimate of drug-likeness (QED) is 0.764. The highest BCUT2D eigenvalue weighted by atomic mass is 35.5. The van der Waals surface area contributed by atoms with E-state index >= 15 is 0 Å². The van der Waals surface area contributed by atoms with Crippen LogP contribution in [0.15, 0.2) is 42.5 Å². The third kappa shape index (κ3) is 4.96. The van der Waals surface area contributed by atoms with Gasteiger partial charge in [0.15, 0.2) is 0 Å². The van der Waals surface area contributed by atoms with Gasteiger partial charge in [-0.25, -0.2) is 4.79 Å². The van der Waals surface area contributed by atoms with Gasteiger partial charge in [0.25, 0.3) is 0 Å². The lowest BCUT2D eigenvalue weighted by atomic mass is 9.98. The van der Waals surface area contributed by atoms with E-state index in [1.165, 1.54) is 0 Å². The van der Waals surface area contributed by atoms with Crippen LogP contribution in [0.2, 0.25) is 10.0 Å². The van der Waals surface area contributed by atoms with Gasteiger partial charge in [-0.05, 0) is 61.2 Å². The molecule has 0 spiro atoms. The van der Waals surface area contributed by atoms with Gasteiger partial charge in [0.05, 0.1) is 16.7 Å². The molecule has 5 nitrogen and oxygen atoms in total. The molecule has 0 saturated carbocycles. The van der Waals surface area contributed by atoms with Crippen LogP contribution in [0.5, 0.6) is 11.5 Å². The van der Waals surface area contributed by atoms with E-state index < -0.39 is 0 Å². The van der Waals surface area contributed by atoms with Crippen LogP contribution < -0.4 is 10.1 Å². The maximum absolute atomic E-state index is 12.4. The average molecular weight is 395 g/mol. The number of halogens is 2. The topological polar surface area (TPSA) is 61.8 Å². The van der Waals surface area contributed by atoms with E-state index in [2.05, 4.69) is 5.32 Å². The summed E-state index contributed by atoms with van der Waals surface area (Å²) in [4.78, 5) is 14.2. The first-order valence-electron chi connectivity index (χ1n) is 8.44. The number of ether oxygens (including phenoxy) is 1. The zero-order chi connectivity index (χ0) is 18.5. The van der Waals surface area contributed by atoms with Crippen molar-refractivity contribution in [2.75, 3.05) is 25.0 Å². The number of likely N-dealkylation sites (tertiary alicyclic amines) is 1. The first-order valence-corrected chi connectivity index (χ1v) is 9.19. The molecule has 0 bridgehead atoms. The van der Waals surface area contributed by atoms with Crippen molar-refractivity contribution >= 4 is 34.9 Å². The molecule has 2 aromatic carbocycles. The Hall–Kier alpha value is -2.11. The van der Waals surface area contributed by atoms with Crippen molar-refractivity contribution in [3.8, 4) is 11.5 Å². The monoisotopic (exact) mass is 394 g/mol. The van der Waals surface area contributed by atoms with Gasteiger partial charge in [-0.2, -0.15) is 0 Å². The summed E-state index contributed by atoms with van der Waals surface area (Å²) in [5.41, 5.74) is 0.627. The largest absolute Gasteiger partial charge is 0.508 e. The number of phenols is 1. The van der Waals surface area contributed by atoms with E-state index in [0.29, 0.717) is 41.3 Å². The van der Waals surface area contributed by atoms with Crippen molar-refractivity contribution in [1.82, 2.24) is 4.90 Å². The molecule has 2 N–H and O–H groups in total. The number of anilines is 1. The molecule has 1 heterocycles. The third-order valence-corrected chi connectivity index (χ3v) is 5.13. The van der Waals surface area contributed by atoms with Crippen molar-refractivity contribution in [2.45, 2.75) is 12.8 Å². The Morgan fingerprint density at radius 3 is 2.46 bits per heavy atom. The molecule has 2 aromatic rings. The van der Waals surface area contributed by atoms with Crippen LogP contribution in [0.3, 0.4) is 0 Å². The Morgan fingerprint density at radius 1 is 1.12 bits per heavy atom. The molecule has 26 heavy (non-hydrogen) atoms. The maximum atomic E-state index is 12.4. The number of hydrogen-bond acceptors (Lipinski definition) is 3. The van der Waals surface area contributed by atoms with Gasteiger partial charge in [-0.15, -0.1) is 0 Å². The highest BCUT2D eigenvalue weighted by Crippen LogP contribution is 2.26. The first-order chi connectivity index (χ1) is 12.5. The summed E-state index contributed by atoms with van der Waals surface area (Å²) in [6.07, 6.45) is 1.76. The Morgan fingerprint density at radius 2 is 1.81 bits per heavy atom. The fourth-order valence-corrected chi connectivity index (χ4v) is 3.13. The number of aromatic hydroxyl groups is 1. The molecule has 0 radical (unpaired) electrons. The maximum Gasteiger partial charge on any atom is 0.321 e. The minimum Gasteiger partial charge on any atom is -0.508 e. The number of amides is 2. The zero-order valence-electron chi connectivity index (χ0n) is 14.1. The van der Waals surface area contributed by atoms with Crippen LogP contribution >= 0.6 is 23.2 Å². The lowest BCUT2D eigenvalue weighted by Crippen LogP contribution is -2.42. The normalized spacial score (nSPS) is 14.9. The van der Waals surface area contributed by atoms with E-state index in [-0.39, 0.29) is 11.8 Å². The number of piperidine rings is 1. The van der Waals surface area contributed by atoms with Gasteiger partial charge in [0.1, 0.15) is 11.5 Å². The number of benzene rings is 2. The molecular weight excluding hydrogens is 375 g/mol. The SMILES string of the molecule is O=C(Nc1ccc(Cl)c(Cl)c1)N1CCC(COc2ccc(O)cc2)CC1. The lowest BCUT2D eigenvalue weighted by molar-refractivity contribution is 0.152. The summed E-state index contributed by atoms with van der Waals surface area (Å²) < 4.78 is 5.76. The van der Waals surface area contributed by atoms with Gasteiger partial charge >= 0.3 is 6.03 Å². The summed E-state index contributed by atoms with van der Waals surface area (Å²) in [6.45, 7) is 1.96. The van der Waals surface area contributed by atoms with Crippen LogP contribution in [0.25, 0.3) is 0 Å². The third-order valence-electron chi connectivity index (χ3n) is 4.40. The second-order valence-electron chi connectivity index (χ2n) is 6.29. The number of nitrogens with one attached hydrogen (secondary N) is 1. The Balaban J connectivity index is 1.44. The van der Waals surface area contributed by atoms with Crippen LogP contribution in [-0.2, 0) is 0 Å². The Labute approximate surface area is 162 Å². The Bertz CT molecular complexity index is 760. The van der Waals surface area contributed by atoms with Gasteiger partial charge < -0.3 is 20.1 Å². The van der Waals surface area contributed by atoms with Crippen LogP contribution in [-0.4, -0.2) is 35.7 Å². The lowest BCUT2D eigenvalue weighted by Gasteiger charge is -2.32. The van der Waals surface area contributed by atoms with Crippen molar-refractivity contribution in [2.24, 2.45) is 5.92 Å².